The molecule has 1 aliphatic heterocycles. The fourth-order valence-corrected chi connectivity index (χ4v) is 3.98. The van der Waals surface area contributed by atoms with Crippen molar-refractivity contribution in [3.05, 3.63) is 29.8 Å². The molecule has 2 rings (SSSR count). The lowest BCUT2D eigenvalue weighted by Crippen LogP contribution is -2.64. The molecule has 1 saturated heterocycles. The molecule has 1 amide bonds. The van der Waals surface area contributed by atoms with Crippen molar-refractivity contribution in [3.63, 3.8) is 0 Å². The number of amides is 1. The standard InChI is InChI=1S/C22H36N4O4/c1-14(2)16(21(29)30)9-19(27)17(24)11-25-12-20(28)26(13-22(25,3)4)18-8-6-5-7-15(18)10-23/h5-8,14,16-17,19,27H,9-13,23-24H2,1-4H3,(H,29,30). The SMILES string of the molecule is CC(C)C(CC(O)C(N)CN1CC(=O)N(c2ccccc2CN)CC1(C)C)C(=O)O. The van der Waals surface area contributed by atoms with Crippen molar-refractivity contribution in [1.82, 2.24) is 4.90 Å². The van der Waals surface area contributed by atoms with Crippen LogP contribution in [0, 0.1) is 11.8 Å². The van der Waals surface area contributed by atoms with E-state index in [9.17, 15) is 19.8 Å². The van der Waals surface area contributed by atoms with E-state index in [1.54, 1.807) is 4.90 Å². The Morgan fingerprint density at radius 1 is 1.27 bits per heavy atom. The normalized spacial score (nSPS) is 20.3. The highest BCUT2D eigenvalue weighted by atomic mass is 16.4. The smallest absolute Gasteiger partial charge is 0.306 e. The zero-order valence-electron chi connectivity index (χ0n) is 18.4. The predicted octanol–water partition coefficient (Wildman–Crippen LogP) is 1.01. The number of carbonyl (C=O) groups excluding carboxylic acids is 1. The number of carboxylic acid groups (broad SMARTS) is 1. The van der Waals surface area contributed by atoms with E-state index >= 15 is 0 Å². The van der Waals surface area contributed by atoms with Gasteiger partial charge in [-0.15, -0.1) is 0 Å². The highest BCUT2D eigenvalue weighted by Crippen LogP contribution is 2.29. The molecule has 1 heterocycles. The first-order chi connectivity index (χ1) is 14.0. The number of nitrogens with zero attached hydrogens (tertiary/aromatic N) is 2. The number of nitrogens with two attached hydrogens (primary N) is 2. The Balaban J connectivity index is 2.09. The van der Waals surface area contributed by atoms with Crippen molar-refractivity contribution in [1.29, 1.82) is 0 Å². The number of hydrogen-bond acceptors (Lipinski definition) is 6. The van der Waals surface area contributed by atoms with Crippen LogP contribution in [0.5, 0.6) is 0 Å². The lowest BCUT2D eigenvalue weighted by molar-refractivity contribution is -0.144. The van der Waals surface area contributed by atoms with Gasteiger partial charge in [0.05, 0.1) is 18.6 Å². The van der Waals surface area contributed by atoms with Gasteiger partial charge in [-0.05, 0) is 37.8 Å². The number of piperazine rings is 1. The van der Waals surface area contributed by atoms with Gasteiger partial charge in [0.1, 0.15) is 0 Å². The molecule has 0 aromatic heterocycles. The minimum absolute atomic E-state index is 0.0532. The second-order valence-electron chi connectivity index (χ2n) is 9.16. The van der Waals surface area contributed by atoms with Gasteiger partial charge in [0.25, 0.3) is 0 Å². The van der Waals surface area contributed by atoms with Crippen molar-refractivity contribution in [2.75, 3.05) is 24.5 Å². The third-order valence-corrected chi connectivity index (χ3v) is 6.07. The summed E-state index contributed by atoms with van der Waals surface area (Å²) < 4.78 is 0. The highest BCUT2D eigenvalue weighted by Gasteiger charge is 2.40. The van der Waals surface area contributed by atoms with Gasteiger partial charge in [-0.2, -0.15) is 0 Å². The molecular weight excluding hydrogens is 384 g/mol. The van der Waals surface area contributed by atoms with Crippen molar-refractivity contribution >= 4 is 17.6 Å². The summed E-state index contributed by atoms with van der Waals surface area (Å²) in [6, 6.07) is 6.96. The number of hydrogen-bond donors (Lipinski definition) is 4. The summed E-state index contributed by atoms with van der Waals surface area (Å²) in [5.74, 6) is -1.75. The fourth-order valence-electron chi connectivity index (χ4n) is 3.98. The summed E-state index contributed by atoms with van der Waals surface area (Å²) in [7, 11) is 0. The summed E-state index contributed by atoms with van der Waals surface area (Å²) in [6.07, 6.45) is -0.873. The van der Waals surface area contributed by atoms with Crippen LogP contribution >= 0.6 is 0 Å². The zero-order chi connectivity index (χ0) is 22.6. The molecule has 8 heteroatoms. The van der Waals surface area contributed by atoms with E-state index in [1.807, 2.05) is 56.9 Å². The number of rotatable bonds is 9. The molecule has 30 heavy (non-hydrogen) atoms. The molecule has 0 bridgehead atoms. The maximum absolute atomic E-state index is 12.9. The van der Waals surface area contributed by atoms with Crippen LogP contribution in [0.4, 0.5) is 5.69 Å². The van der Waals surface area contributed by atoms with Gasteiger partial charge in [0.15, 0.2) is 0 Å². The molecule has 1 aromatic carbocycles. The molecule has 1 fully saturated rings. The van der Waals surface area contributed by atoms with Gasteiger partial charge < -0.3 is 26.6 Å². The van der Waals surface area contributed by atoms with Crippen LogP contribution in [-0.2, 0) is 16.1 Å². The van der Waals surface area contributed by atoms with E-state index in [-0.39, 0.29) is 30.3 Å². The Kier molecular flexibility index (Phi) is 7.99. The molecule has 168 valence electrons. The van der Waals surface area contributed by atoms with Crippen molar-refractivity contribution < 1.29 is 19.8 Å². The molecule has 0 aliphatic carbocycles. The zero-order valence-corrected chi connectivity index (χ0v) is 18.4. The third kappa shape index (κ3) is 5.57. The number of aliphatic carboxylic acids is 1. The maximum Gasteiger partial charge on any atom is 0.306 e. The Labute approximate surface area is 178 Å². The molecule has 3 atom stereocenters. The van der Waals surface area contributed by atoms with Gasteiger partial charge >= 0.3 is 5.97 Å². The number of carbonyl (C=O) groups is 2. The Bertz CT molecular complexity index is 752. The first kappa shape index (κ1) is 24.3. The molecule has 0 saturated carbocycles. The second kappa shape index (κ2) is 9.87. The largest absolute Gasteiger partial charge is 0.481 e. The van der Waals surface area contributed by atoms with Crippen LogP contribution in [-0.4, -0.2) is 64.3 Å². The summed E-state index contributed by atoms with van der Waals surface area (Å²) in [5.41, 5.74) is 13.4. The van der Waals surface area contributed by atoms with Crippen LogP contribution in [0.1, 0.15) is 39.7 Å². The average Bonchev–Trinajstić information content (AvgIpc) is 2.67. The molecule has 1 aliphatic rings. The molecular formula is C22H36N4O4. The van der Waals surface area contributed by atoms with Crippen LogP contribution in [0.2, 0.25) is 0 Å². The van der Waals surface area contributed by atoms with Crippen LogP contribution in [0.15, 0.2) is 24.3 Å². The monoisotopic (exact) mass is 420 g/mol. The average molecular weight is 421 g/mol. The molecule has 3 unspecified atom stereocenters. The summed E-state index contributed by atoms with van der Waals surface area (Å²) >= 11 is 0. The highest BCUT2D eigenvalue weighted by molar-refractivity contribution is 5.96. The van der Waals surface area contributed by atoms with E-state index < -0.39 is 24.0 Å². The Hall–Kier alpha value is -2.00. The van der Waals surface area contributed by atoms with Crippen LogP contribution in [0.25, 0.3) is 0 Å². The first-order valence-electron chi connectivity index (χ1n) is 10.5. The predicted molar refractivity (Wildman–Crippen MR) is 117 cm³/mol. The number of benzene rings is 1. The van der Waals surface area contributed by atoms with E-state index in [1.165, 1.54) is 0 Å². The van der Waals surface area contributed by atoms with Crippen LogP contribution in [0.3, 0.4) is 0 Å². The quantitative estimate of drug-likeness (QED) is 0.468. The van der Waals surface area contributed by atoms with Gasteiger partial charge in [0, 0.05) is 36.9 Å². The van der Waals surface area contributed by atoms with E-state index in [0.717, 1.165) is 11.3 Å². The number of aliphatic hydroxyl groups excluding tert-OH is 1. The summed E-state index contributed by atoms with van der Waals surface area (Å²) in [4.78, 5) is 28.1. The third-order valence-electron chi connectivity index (χ3n) is 6.07. The lowest BCUT2D eigenvalue weighted by Gasteiger charge is -2.48. The van der Waals surface area contributed by atoms with Crippen molar-refractivity contribution in [2.24, 2.45) is 23.3 Å². The summed E-state index contributed by atoms with van der Waals surface area (Å²) in [6.45, 7) is 8.98. The number of anilines is 1. The van der Waals surface area contributed by atoms with Gasteiger partial charge in [-0.25, -0.2) is 0 Å². The fraction of sp³-hybridized carbons (Fsp3) is 0.636. The van der Waals surface area contributed by atoms with Crippen molar-refractivity contribution in [2.45, 2.75) is 58.3 Å². The van der Waals surface area contributed by atoms with E-state index in [0.29, 0.717) is 19.6 Å². The molecule has 6 N–H and O–H groups in total. The topological polar surface area (TPSA) is 133 Å². The molecule has 1 aromatic rings. The Morgan fingerprint density at radius 3 is 2.47 bits per heavy atom. The van der Waals surface area contributed by atoms with Gasteiger partial charge in [0.2, 0.25) is 5.91 Å². The van der Waals surface area contributed by atoms with E-state index in [4.69, 9.17) is 11.5 Å². The van der Waals surface area contributed by atoms with Crippen LogP contribution < -0.4 is 16.4 Å². The maximum atomic E-state index is 12.9. The number of carboxylic acids is 1. The van der Waals surface area contributed by atoms with Crippen molar-refractivity contribution in [3.8, 4) is 0 Å². The molecule has 0 radical (unpaired) electrons. The first-order valence-corrected chi connectivity index (χ1v) is 10.5. The molecule has 8 nitrogen and oxygen atoms in total. The minimum atomic E-state index is -0.963. The Morgan fingerprint density at radius 2 is 1.90 bits per heavy atom. The summed E-state index contributed by atoms with van der Waals surface area (Å²) in [5, 5.41) is 19.9. The van der Waals surface area contributed by atoms with Gasteiger partial charge in [-0.1, -0.05) is 32.0 Å². The lowest BCUT2D eigenvalue weighted by atomic mass is 9.87. The molecule has 0 spiro atoms. The van der Waals surface area contributed by atoms with E-state index in [2.05, 4.69) is 0 Å². The number of para-hydroxylation sites is 1. The number of aliphatic hydroxyl groups is 1. The second-order valence-corrected chi connectivity index (χ2v) is 9.16. The minimum Gasteiger partial charge on any atom is -0.481 e. The van der Waals surface area contributed by atoms with Gasteiger partial charge in [-0.3, -0.25) is 14.5 Å².